The molecule has 2 aliphatic heterocycles. The molecule has 0 spiro atoms. The van der Waals surface area contributed by atoms with Crippen LogP contribution in [-0.2, 0) is 13.0 Å². The first-order valence-electron chi connectivity index (χ1n) is 10.4. The Labute approximate surface area is 169 Å². The second-order valence-electron chi connectivity index (χ2n) is 7.59. The molecule has 1 unspecified atom stereocenters. The summed E-state index contributed by atoms with van der Waals surface area (Å²) in [6.45, 7) is 4.88. The minimum atomic E-state index is -0.106. The number of urea groups is 1. The van der Waals surface area contributed by atoms with Gasteiger partial charge in [-0.3, -0.25) is 0 Å². The minimum Gasteiger partial charge on any atom is -0.348 e. The first-order chi connectivity index (χ1) is 13.7. The van der Waals surface area contributed by atoms with Gasteiger partial charge in [-0.05, 0) is 32.1 Å². The molecule has 28 heavy (non-hydrogen) atoms. The third kappa shape index (κ3) is 4.29. The highest BCUT2D eigenvalue weighted by molar-refractivity contribution is 7.13. The molecule has 0 aliphatic carbocycles. The summed E-state index contributed by atoms with van der Waals surface area (Å²) in [5.74, 6) is 1.95. The van der Waals surface area contributed by atoms with E-state index in [1.807, 2.05) is 11.6 Å². The summed E-state index contributed by atoms with van der Waals surface area (Å²) in [6, 6.07) is -0.00971. The van der Waals surface area contributed by atoms with Crippen LogP contribution in [0.3, 0.4) is 0 Å². The van der Waals surface area contributed by atoms with Crippen LogP contribution >= 0.6 is 11.3 Å². The van der Waals surface area contributed by atoms with Crippen LogP contribution in [0.2, 0.25) is 0 Å². The summed E-state index contributed by atoms with van der Waals surface area (Å²) in [5, 5.41) is 18.1. The molecule has 0 saturated carbocycles. The smallest absolute Gasteiger partial charge is 0.315 e. The van der Waals surface area contributed by atoms with E-state index in [4.69, 9.17) is 0 Å². The molecule has 2 aliphatic rings. The number of rotatable bonds is 5. The highest BCUT2D eigenvalue weighted by Crippen LogP contribution is 2.23. The van der Waals surface area contributed by atoms with E-state index in [9.17, 15) is 4.79 Å². The van der Waals surface area contributed by atoms with Gasteiger partial charge in [-0.25, -0.2) is 9.78 Å². The lowest BCUT2D eigenvalue weighted by Gasteiger charge is -2.32. The van der Waals surface area contributed by atoms with E-state index in [1.54, 1.807) is 11.3 Å². The number of piperidine rings is 1. The van der Waals surface area contributed by atoms with Crippen molar-refractivity contribution < 1.29 is 4.79 Å². The summed E-state index contributed by atoms with van der Waals surface area (Å²) < 4.78 is 2.22. The Morgan fingerprint density at radius 3 is 2.86 bits per heavy atom. The molecule has 0 bridgehead atoms. The molecular weight excluding hydrogens is 374 g/mol. The van der Waals surface area contributed by atoms with Crippen molar-refractivity contribution >= 4 is 22.5 Å². The van der Waals surface area contributed by atoms with Crippen molar-refractivity contribution in [2.75, 3.05) is 18.0 Å². The van der Waals surface area contributed by atoms with Crippen LogP contribution in [-0.4, -0.2) is 44.9 Å². The van der Waals surface area contributed by atoms with Crippen molar-refractivity contribution in [3.8, 4) is 0 Å². The number of thiazole rings is 1. The normalized spacial score (nSPS) is 19.0. The Bertz CT molecular complexity index is 767. The summed E-state index contributed by atoms with van der Waals surface area (Å²) >= 11 is 1.67. The van der Waals surface area contributed by atoms with Crippen molar-refractivity contribution in [3.05, 3.63) is 23.2 Å². The topological polar surface area (TPSA) is 88.0 Å². The SMILES string of the molecule is CCC(NC(=O)NC1CCN(c2nccs2)CC1)c1nnc2n1CCCCC2. The van der Waals surface area contributed by atoms with Gasteiger partial charge in [0, 0.05) is 43.7 Å². The van der Waals surface area contributed by atoms with E-state index in [2.05, 4.69) is 42.2 Å². The molecule has 4 heterocycles. The zero-order valence-corrected chi connectivity index (χ0v) is 17.2. The fraction of sp³-hybridized carbons (Fsp3) is 0.684. The number of hydrogen-bond donors (Lipinski definition) is 2. The zero-order valence-electron chi connectivity index (χ0n) is 16.4. The monoisotopic (exact) mass is 403 g/mol. The number of amides is 2. The molecule has 1 saturated heterocycles. The molecule has 1 fully saturated rings. The molecule has 2 N–H and O–H groups in total. The van der Waals surface area contributed by atoms with Crippen LogP contribution in [0.5, 0.6) is 0 Å². The van der Waals surface area contributed by atoms with Crippen LogP contribution in [0, 0.1) is 0 Å². The van der Waals surface area contributed by atoms with Gasteiger partial charge in [0.15, 0.2) is 11.0 Å². The first kappa shape index (κ1) is 19.2. The number of nitrogens with zero attached hydrogens (tertiary/aromatic N) is 5. The lowest BCUT2D eigenvalue weighted by molar-refractivity contribution is 0.229. The molecule has 2 aromatic rings. The number of aryl methyl sites for hydroxylation is 1. The Hall–Kier alpha value is -2.16. The van der Waals surface area contributed by atoms with E-state index in [0.29, 0.717) is 0 Å². The fourth-order valence-electron chi connectivity index (χ4n) is 4.09. The number of hydrogen-bond acceptors (Lipinski definition) is 6. The number of carbonyl (C=O) groups excluding carboxylic acids is 1. The van der Waals surface area contributed by atoms with E-state index in [0.717, 1.165) is 68.5 Å². The van der Waals surface area contributed by atoms with Gasteiger partial charge in [-0.2, -0.15) is 0 Å². The van der Waals surface area contributed by atoms with Crippen molar-refractivity contribution in [1.82, 2.24) is 30.4 Å². The van der Waals surface area contributed by atoms with Crippen molar-refractivity contribution in [2.45, 2.75) is 70.5 Å². The second kappa shape index (κ2) is 8.89. The van der Waals surface area contributed by atoms with Gasteiger partial charge >= 0.3 is 6.03 Å². The van der Waals surface area contributed by atoms with Crippen LogP contribution in [0.1, 0.15) is 63.1 Å². The molecule has 2 amide bonds. The Morgan fingerprint density at radius 2 is 2.11 bits per heavy atom. The maximum Gasteiger partial charge on any atom is 0.315 e. The highest BCUT2D eigenvalue weighted by Gasteiger charge is 2.25. The number of anilines is 1. The van der Waals surface area contributed by atoms with E-state index in [1.165, 1.54) is 12.8 Å². The molecule has 0 aromatic carbocycles. The Morgan fingerprint density at radius 1 is 1.25 bits per heavy atom. The van der Waals surface area contributed by atoms with Crippen LogP contribution < -0.4 is 15.5 Å². The third-order valence-corrected chi connectivity index (χ3v) is 6.52. The Balaban J connectivity index is 1.31. The quantitative estimate of drug-likeness (QED) is 0.801. The average Bonchev–Trinajstić information content (AvgIpc) is 3.32. The minimum absolute atomic E-state index is 0.102. The molecule has 2 aromatic heterocycles. The van der Waals surface area contributed by atoms with Crippen molar-refractivity contribution in [2.24, 2.45) is 0 Å². The van der Waals surface area contributed by atoms with E-state index >= 15 is 0 Å². The molecule has 152 valence electrons. The molecule has 8 nitrogen and oxygen atoms in total. The van der Waals surface area contributed by atoms with Gasteiger partial charge in [0.2, 0.25) is 0 Å². The lowest BCUT2D eigenvalue weighted by atomic mass is 10.1. The average molecular weight is 404 g/mol. The first-order valence-corrected chi connectivity index (χ1v) is 11.3. The predicted octanol–water partition coefficient (Wildman–Crippen LogP) is 2.88. The van der Waals surface area contributed by atoms with Gasteiger partial charge in [-0.15, -0.1) is 21.5 Å². The van der Waals surface area contributed by atoms with Crippen LogP contribution in [0.25, 0.3) is 0 Å². The van der Waals surface area contributed by atoms with Crippen LogP contribution in [0.4, 0.5) is 9.93 Å². The molecular formula is C19H29N7OS. The third-order valence-electron chi connectivity index (χ3n) is 5.68. The number of nitrogens with one attached hydrogen (secondary N) is 2. The van der Waals surface area contributed by atoms with Gasteiger partial charge in [0.1, 0.15) is 5.82 Å². The van der Waals surface area contributed by atoms with Gasteiger partial charge in [0.25, 0.3) is 0 Å². The number of carbonyl (C=O) groups is 1. The number of aromatic nitrogens is 4. The zero-order chi connectivity index (χ0) is 19.3. The predicted molar refractivity (Wildman–Crippen MR) is 110 cm³/mol. The summed E-state index contributed by atoms with van der Waals surface area (Å²) in [7, 11) is 0. The lowest BCUT2D eigenvalue weighted by Crippen LogP contribution is -2.48. The largest absolute Gasteiger partial charge is 0.348 e. The van der Waals surface area contributed by atoms with Crippen molar-refractivity contribution in [1.29, 1.82) is 0 Å². The van der Waals surface area contributed by atoms with Gasteiger partial charge in [-0.1, -0.05) is 13.3 Å². The molecule has 0 radical (unpaired) electrons. The highest BCUT2D eigenvalue weighted by atomic mass is 32.1. The Kier molecular flexibility index (Phi) is 6.09. The molecule has 1 atom stereocenters. The van der Waals surface area contributed by atoms with Gasteiger partial charge < -0.3 is 20.1 Å². The maximum atomic E-state index is 12.6. The second-order valence-corrected chi connectivity index (χ2v) is 8.46. The molecule has 9 heteroatoms. The van der Waals surface area contributed by atoms with Crippen LogP contribution in [0.15, 0.2) is 11.6 Å². The fourth-order valence-corrected chi connectivity index (χ4v) is 4.78. The summed E-state index contributed by atoms with van der Waals surface area (Å²) in [6.07, 6.45) is 9.04. The van der Waals surface area contributed by atoms with E-state index in [-0.39, 0.29) is 18.1 Å². The standard InChI is InChI=1S/C19H29N7OS/c1-2-15(17-24-23-16-6-4-3-5-10-26(16)17)22-18(27)21-14-7-11-25(12-8-14)19-20-9-13-28-19/h9,13-15H,2-8,10-12H2,1H3,(H2,21,22,27). The maximum absolute atomic E-state index is 12.6. The number of fused-ring (bicyclic) bond motifs is 1. The van der Waals surface area contributed by atoms with Crippen molar-refractivity contribution in [3.63, 3.8) is 0 Å². The summed E-state index contributed by atoms with van der Waals surface area (Å²) in [5.41, 5.74) is 0. The summed E-state index contributed by atoms with van der Waals surface area (Å²) in [4.78, 5) is 19.3. The van der Waals surface area contributed by atoms with E-state index < -0.39 is 0 Å². The molecule has 4 rings (SSSR count). The van der Waals surface area contributed by atoms with Gasteiger partial charge in [0.05, 0.1) is 6.04 Å².